The average Bonchev–Trinajstić information content (AvgIpc) is 2.97. The van der Waals surface area contributed by atoms with E-state index in [1.165, 1.54) is 6.07 Å². The van der Waals surface area contributed by atoms with Crippen LogP contribution in [0.25, 0.3) is 27.9 Å². The SMILES string of the molecule is CC(C)(C)Nc1c(-c2ccc3cccc([N+](=O)[O-])c3n2)nc2ccccn12. The summed E-state index contributed by atoms with van der Waals surface area (Å²) in [6.07, 6.45) is 1.93. The summed E-state index contributed by atoms with van der Waals surface area (Å²) in [5.41, 5.74) is 2.19. The molecule has 136 valence electrons. The van der Waals surface area contributed by atoms with E-state index in [9.17, 15) is 10.1 Å². The van der Waals surface area contributed by atoms with Gasteiger partial charge in [-0.25, -0.2) is 9.97 Å². The van der Waals surface area contributed by atoms with Crippen LogP contribution in [0.1, 0.15) is 20.8 Å². The first kappa shape index (κ1) is 17.0. The van der Waals surface area contributed by atoms with Crippen LogP contribution in [0.15, 0.2) is 54.7 Å². The molecule has 3 aromatic heterocycles. The van der Waals surface area contributed by atoms with E-state index in [1.807, 2.05) is 47.0 Å². The van der Waals surface area contributed by atoms with Gasteiger partial charge in [-0.15, -0.1) is 0 Å². The third-order valence-corrected chi connectivity index (χ3v) is 4.16. The number of fused-ring (bicyclic) bond motifs is 2. The molecule has 7 heteroatoms. The molecule has 1 N–H and O–H groups in total. The lowest BCUT2D eigenvalue weighted by Gasteiger charge is -2.22. The maximum atomic E-state index is 11.4. The lowest BCUT2D eigenvalue weighted by Crippen LogP contribution is -2.27. The third-order valence-electron chi connectivity index (χ3n) is 4.16. The highest BCUT2D eigenvalue weighted by Gasteiger charge is 2.21. The van der Waals surface area contributed by atoms with E-state index in [0.29, 0.717) is 16.9 Å². The molecule has 27 heavy (non-hydrogen) atoms. The van der Waals surface area contributed by atoms with Gasteiger partial charge in [0.1, 0.15) is 22.7 Å². The average molecular weight is 361 g/mol. The Balaban J connectivity index is 1.98. The number of imidazole rings is 1. The summed E-state index contributed by atoms with van der Waals surface area (Å²) in [4.78, 5) is 20.3. The normalized spacial score (nSPS) is 11.8. The van der Waals surface area contributed by atoms with Gasteiger partial charge in [0.05, 0.1) is 10.6 Å². The van der Waals surface area contributed by atoms with Crippen molar-refractivity contribution in [2.24, 2.45) is 0 Å². The van der Waals surface area contributed by atoms with Crippen LogP contribution in [0.4, 0.5) is 11.5 Å². The van der Waals surface area contributed by atoms with E-state index in [4.69, 9.17) is 4.98 Å². The lowest BCUT2D eigenvalue weighted by molar-refractivity contribution is -0.383. The van der Waals surface area contributed by atoms with Crippen LogP contribution in [-0.2, 0) is 0 Å². The van der Waals surface area contributed by atoms with Gasteiger partial charge in [-0.3, -0.25) is 14.5 Å². The molecule has 0 aliphatic rings. The molecule has 3 heterocycles. The van der Waals surface area contributed by atoms with Crippen LogP contribution in [0.3, 0.4) is 0 Å². The van der Waals surface area contributed by atoms with Gasteiger partial charge in [-0.1, -0.05) is 24.3 Å². The minimum atomic E-state index is -0.406. The number of hydrogen-bond donors (Lipinski definition) is 1. The number of para-hydroxylation sites is 1. The number of nitro benzene ring substituents is 1. The van der Waals surface area contributed by atoms with Gasteiger partial charge in [0, 0.05) is 23.2 Å². The summed E-state index contributed by atoms with van der Waals surface area (Å²) in [6.45, 7) is 6.20. The fourth-order valence-corrected chi connectivity index (χ4v) is 3.06. The molecule has 0 atom stereocenters. The molecule has 4 aromatic rings. The van der Waals surface area contributed by atoms with Crippen LogP contribution in [0.5, 0.6) is 0 Å². The second-order valence-electron chi connectivity index (χ2n) is 7.42. The Labute approximate surface area is 155 Å². The zero-order valence-electron chi connectivity index (χ0n) is 15.3. The number of anilines is 1. The molecule has 0 amide bonds. The lowest BCUT2D eigenvalue weighted by atomic mass is 10.1. The summed E-state index contributed by atoms with van der Waals surface area (Å²) in [6, 6.07) is 14.4. The predicted molar refractivity (Wildman–Crippen MR) is 106 cm³/mol. The number of nitrogens with one attached hydrogen (secondary N) is 1. The van der Waals surface area contributed by atoms with E-state index in [1.54, 1.807) is 6.07 Å². The number of rotatable bonds is 3. The fraction of sp³-hybridized carbons (Fsp3) is 0.200. The highest BCUT2D eigenvalue weighted by Crippen LogP contribution is 2.32. The van der Waals surface area contributed by atoms with Crippen molar-refractivity contribution in [3.8, 4) is 11.4 Å². The Morgan fingerprint density at radius 1 is 1.04 bits per heavy atom. The maximum Gasteiger partial charge on any atom is 0.295 e. The summed E-state index contributed by atoms with van der Waals surface area (Å²) < 4.78 is 1.96. The first-order chi connectivity index (χ1) is 12.8. The van der Waals surface area contributed by atoms with Gasteiger partial charge in [0.2, 0.25) is 0 Å². The van der Waals surface area contributed by atoms with Crippen molar-refractivity contribution in [1.29, 1.82) is 0 Å². The third kappa shape index (κ3) is 3.08. The van der Waals surface area contributed by atoms with Crippen LogP contribution < -0.4 is 5.32 Å². The minimum absolute atomic E-state index is 0.0107. The van der Waals surface area contributed by atoms with Crippen LogP contribution in [0, 0.1) is 10.1 Å². The molecule has 0 fully saturated rings. The number of non-ortho nitro benzene ring substituents is 1. The van der Waals surface area contributed by atoms with Crippen molar-refractivity contribution in [1.82, 2.24) is 14.4 Å². The van der Waals surface area contributed by atoms with E-state index in [0.717, 1.165) is 16.9 Å². The van der Waals surface area contributed by atoms with E-state index >= 15 is 0 Å². The number of pyridine rings is 2. The summed E-state index contributed by atoms with van der Waals surface area (Å²) in [5, 5.41) is 15.6. The van der Waals surface area contributed by atoms with Crippen molar-refractivity contribution in [2.45, 2.75) is 26.3 Å². The summed E-state index contributed by atoms with van der Waals surface area (Å²) >= 11 is 0. The molecule has 0 aliphatic heterocycles. The Hall–Kier alpha value is -3.48. The van der Waals surface area contributed by atoms with Gasteiger partial charge >= 0.3 is 0 Å². The topological polar surface area (TPSA) is 85.4 Å². The smallest absolute Gasteiger partial charge is 0.295 e. The Morgan fingerprint density at radius 2 is 1.85 bits per heavy atom. The number of nitro groups is 1. The largest absolute Gasteiger partial charge is 0.365 e. The number of benzene rings is 1. The molecule has 4 rings (SSSR count). The number of aromatic nitrogens is 3. The molecule has 0 saturated carbocycles. The quantitative estimate of drug-likeness (QED) is 0.423. The van der Waals surface area contributed by atoms with E-state index < -0.39 is 4.92 Å². The molecule has 0 aliphatic carbocycles. The van der Waals surface area contributed by atoms with Crippen molar-refractivity contribution >= 4 is 28.1 Å². The predicted octanol–water partition coefficient (Wildman–Crippen LogP) is 4.67. The highest BCUT2D eigenvalue weighted by molar-refractivity contribution is 5.89. The van der Waals surface area contributed by atoms with Crippen LogP contribution in [-0.4, -0.2) is 24.8 Å². The van der Waals surface area contributed by atoms with Gasteiger partial charge < -0.3 is 5.32 Å². The van der Waals surface area contributed by atoms with Gasteiger partial charge in [0.25, 0.3) is 5.69 Å². The molecule has 7 nitrogen and oxygen atoms in total. The maximum absolute atomic E-state index is 11.4. The minimum Gasteiger partial charge on any atom is -0.365 e. The second-order valence-corrected chi connectivity index (χ2v) is 7.42. The van der Waals surface area contributed by atoms with Gasteiger partial charge in [-0.05, 0) is 39.0 Å². The van der Waals surface area contributed by atoms with Crippen molar-refractivity contribution < 1.29 is 4.92 Å². The Kier molecular flexibility index (Phi) is 3.80. The molecule has 0 unspecified atom stereocenters. The first-order valence-electron chi connectivity index (χ1n) is 8.63. The Morgan fingerprint density at radius 3 is 2.59 bits per heavy atom. The molecular formula is C20H19N5O2. The van der Waals surface area contributed by atoms with Gasteiger partial charge in [0.15, 0.2) is 0 Å². The Bertz CT molecular complexity index is 1170. The summed E-state index contributed by atoms with van der Waals surface area (Å²) in [5.74, 6) is 0.809. The standard InChI is InChI=1S/C20H19N5O2/c1-20(2,3)23-19-18(22-16-9-4-5-12-24(16)19)14-11-10-13-7-6-8-15(25(26)27)17(13)21-14/h4-12,23H,1-3H3. The van der Waals surface area contributed by atoms with Crippen molar-refractivity contribution in [3.63, 3.8) is 0 Å². The highest BCUT2D eigenvalue weighted by atomic mass is 16.6. The molecule has 1 aromatic carbocycles. The van der Waals surface area contributed by atoms with E-state index in [2.05, 4.69) is 31.1 Å². The zero-order chi connectivity index (χ0) is 19.2. The van der Waals surface area contributed by atoms with Crippen molar-refractivity contribution in [2.75, 3.05) is 5.32 Å². The molecule has 0 spiro atoms. The number of hydrogen-bond acceptors (Lipinski definition) is 5. The van der Waals surface area contributed by atoms with Crippen LogP contribution in [0.2, 0.25) is 0 Å². The second kappa shape index (κ2) is 6.05. The van der Waals surface area contributed by atoms with E-state index in [-0.39, 0.29) is 11.2 Å². The molecular weight excluding hydrogens is 342 g/mol. The molecule has 0 radical (unpaired) electrons. The summed E-state index contributed by atoms with van der Waals surface area (Å²) in [7, 11) is 0. The van der Waals surface area contributed by atoms with Gasteiger partial charge in [-0.2, -0.15) is 0 Å². The van der Waals surface area contributed by atoms with Crippen molar-refractivity contribution in [3.05, 3.63) is 64.8 Å². The van der Waals surface area contributed by atoms with Crippen LogP contribution >= 0.6 is 0 Å². The molecule has 0 bridgehead atoms. The fourth-order valence-electron chi connectivity index (χ4n) is 3.06. The monoisotopic (exact) mass is 361 g/mol. The zero-order valence-corrected chi connectivity index (χ0v) is 15.3. The number of nitrogens with zero attached hydrogens (tertiary/aromatic N) is 4. The first-order valence-corrected chi connectivity index (χ1v) is 8.63. The molecule has 0 saturated heterocycles.